The van der Waals surface area contributed by atoms with Gasteiger partial charge in [0, 0.05) is 24.0 Å². The van der Waals surface area contributed by atoms with E-state index in [0.29, 0.717) is 0 Å². The Labute approximate surface area is 181 Å². The van der Waals surface area contributed by atoms with E-state index in [1.807, 2.05) is 6.07 Å². The van der Waals surface area contributed by atoms with Crippen molar-refractivity contribution in [2.75, 3.05) is 27.4 Å². The molecule has 4 heteroatoms. The van der Waals surface area contributed by atoms with E-state index in [9.17, 15) is 0 Å². The minimum absolute atomic E-state index is 0.0352. The zero-order valence-electron chi connectivity index (χ0n) is 19.3. The summed E-state index contributed by atoms with van der Waals surface area (Å²) in [5.74, 6) is 1.57. The molecule has 0 unspecified atom stereocenters. The van der Waals surface area contributed by atoms with Crippen LogP contribution in [0.3, 0.4) is 0 Å². The van der Waals surface area contributed by atoms with E-state index in [1.54, 1.807) is 14.2 Å². The number of hydrogen-bond acceptors (Lipinski definition) is 3. The Morgan fingerprint density at radius 3 is 2.43 bits per heavy atom. The van der Waals surface area contributed by atoms with E-state index in [2.05, 4.69) is 62.5 Å². The van der Waals surface area contributed by atoms with Gasteiger partial charge in [-0.15, -0.1) is 0 Å². The van der Waals surface area contributed by atoms with Crippen LogP contribution in [-0.4, -0.2) is 33.0 Å². The van der Waals surface area contributed by atoms with Gasteiger partial charge in [0.25, 0.3) is 0 Å². The summed E-state index contributed by atoms with van der Waals surface area (Å²) < 4.78 is 17.0. The highest BCUT2D eigenvalue weighted by Crippen LogP contribution is 2.45. The normalized spacial score (nSPS) is 23.9. The predicted molar refractivity (Wildman–Crippen MR) is 121 cm³/mol. The average molecular weight is 413 g/mol. The SMILES string of the molecule is CC[C@@]1(C)C[C@](CC[NH2+]Cc2ccc(OC)c(OC)c2)(c2ccc(C)cc2)CCO1. The van der Waals surface area contributed by atoms with Gasteiger partial charge in [-0.25, -0.2) is 0 Å². The Kier molecular flexibility index (Phi) is 7.43. The first-order chi connectivity index (χ1) is 14.4. The fourth-order valence-corrected chi connectivity index (χ4v) is 4.74. The van der Waals surface area contributed by atoms with Crippen LogP contribution >= 0.6 is 0 Å². The molecule has 1 fully saturated rings. The van der Waals surface area contributed by atoms with Crippen LogP contribution in [0.1, 0.15) is 56.2 Å². The van der Waals surface area contributed by atoms with E-state index >= 15 is 0 Å². The topological polar surface area (TPSA) is 44.3 Å². The molecular formula is C26H38NO3+. The molecule has 2 atom stereocenters. The molecule has 2 aromatic carbocycles. The van der Waals surface area contributed by atoms with Crippen LogP contribution in [0.25, 0.3) is 0 Å². The number of aryl methyl sites for hydroxylation is 1. The van der Waals surface area contributed by atoms with Gasteiger partial charge in [0.2, 0.25) is 0 Å². The highest BCUT2D eigenvalue weighted by Gasteiger charge is 2.43. The molecule has 1 saturated heterocycles. The fraction of sp³-hybridized carbons (Fsp3) is 0.538. The Morgan fingerprint density at radius 2 is 1.77 bits per heavy atom. The highest BCUT2D eigenvalue weighted by molar-refractivity contribution is 5.42. The Morgan fingerprint density at radius 1 is 1.03 bits per heavy atom. The molecule has 0 radical (unpaired) electrons. The molecule has 0 aromatic heterocycles. The zero-order chi connectivity index (χ0) is 21.6. The molecule has 164 valence electrons. The Hall–Kier alpha value is -2.04. The van der Waals surface area contributed by atoms with Gasteiger partial charge in [-0.05, 0) is 56.9 Å². The summed E-state index contributed by atoms with van der Waals surface area (Å²) in [6.07, 6.45) is 4.39. The molecule has 0 bridgehead atoms. The molecule has 30 heavy (non-hydrogen) atoms. The van der Waals surface area contributed by atoms with Gasteiger partial charge >= 0.3 is 0 Å². The number of nitrogens with two attached hydrogens (primary N) is 1. The van der Waals surface area contributed by atoms with E-state index in [1.165, 1.54) is 16.7 Å². The zero-order valence-corrected chi connectivity index (χ0v) is 19.3. The molecule has 2 aromatic rings. The van der Waals surface area contributed by atoms with Crippen LogP contribution in [0.4, 0.5) is 0 Å². The standard InChI is InChI=1S/C26H37NO3/c1-6-25(3)19-26(14-16-30-25,22-10-7-20(2)8-11-22)13-15-27-18-21-9-12-23(28-4)24(17-21)29-5/h7-12,17,27H,6,13-16,18-19H2,1-5H3/p+1/t25-,26+/m0/s1. The minimum Gasteiger partial charge on any atom is -0.493 e. The van der Waals surface area contributed by atoms with Crippen molar-refractivity contribution >= 4 is 0 Å². The van der Waals surface area contributed by atoms with Gasteiger partial charge in [0.1, 0.15) is 6.54 Å². The second-order valence-electron chi connectivity index (χ2n) is 8.95. The number of methoxy groups -OCH3 is 2. The number of rotatable bonds is 9. The number of hydrogen-bond donors (Lipinski definition) is 1. The van der Waals surface area contributed by atoms with Crippen LogP contribution in [0.2, 0.25) is 0 Å². The van der Waals surface area contributed by atoms with Crippen molar-refractivity contribution in [2.24, 2.45) is 0 Å². The second-order valence-corrected chi connectivity index (χ2v) is 8.95. The third-order valence-electron chi connectivity index (χ3n) is 6.81. The first-order valence-corrected chi connectivity index (χ1v) is 11.2. The lowest BCUT2D eigenvalue weighted by Gasteiger charge is -2.46. The van der Waals surface area contributed by atoms with Crippen molar-refractivity contribution in [3.05, 3.63) is 59.2 Å². The molecule has 0 spiro atoms. The van der Waals surface area contributed by atoms with Crippen molar-refractivity contribution < 1.29 is 19.5 Å². The Balaban J connectivity index is 1.69. The second kappa shape index (κ2) is 9.84. The molecule has 0 saturated carbocycles. The lowest BCUT2D eigenvalue weighted by atomic mass is 9.66. The first kappa shape index (κ1) is 22.6. The van der Waals surface area contributed by atoms with Gasteiger partial charge in [-0.1, -0.05) is 36.8 Å². The third kappa shape index (κ3) is 5.16. The molecular weight excluding hydrogens is 374 g/mol. The van der Waals surface area contributed by atoms with Crippen molar-refractivity contribution in [3.8, 4) is 11.5 Å². The van der Waals surface area contributed by atoms with Crippen molar-refractivity contribution in [1.29, 1.82) is 0 Å². The van der Waals surface area contributed by atoms with Gasteiger partial charge in [0.05, 0.1) is 26.4 Å². The highest BCUT2D eigenvalue weighted by atomic mass is 16.5. The molecule has 3 rings (SSSR count). The van der Waals surface area contributed by atoms with Crippen molar-refractivity contribution in [2.45, 2.75) is 64.0 Å². The van der Waals surface area contributed by atoms with E-state index in [0.717, 1.165) is 56.9 Å². The molecule has 0 amide bonds. The van der Waals surface area contributed by atoms with Crippen molar-refractivity contribution in [3.63, 3.8) is 0 Å². The fourth-order valence-electron chi connectivity index (χ4n) is 4.74. The maximum Gasteiger partial charge on any atom is 0.161 e. The van der Waals surface area contributed by atoms with Crippen LogP contribution < -0.4 is 14.8 Å². The number of quaternary nitrogens is 1. The maximum atomic E-state index is 6.20. The lowest BCUT2D eigenvalue weighted by molar-refractivity contribution is -0.672. The summed E-state index contributed by atoms with van der Waals surface area (Å²) in [7, 11) is 3.36. The first-order valence-electron chi connectivity index (χ1n) is 11.2. The molecule has 0 aliphatic carbocycles. The van der Waals surface area contributed by atoms with Crippen LogP contribution in [-0.2, 0) is 16.7 Å². The molecule has 1 heterocycles. The van der Waals surface area contributed by atoms with E-state index in [-0.39, 0.29) is 11.0 Å². The van der Waals surface area contributed by atoms with E-state index in [4.69, 9.17) is 14.2 Å². The van der Waals surface area contributed by atoms with E-state index < -0.39 is 0 Å². The van der Waals surface area contributed by atoms with Crippen molar-refractivity contribution in [1.82, 2.24) is 0 Å². The average Bonchev–Trinajstić information content (AvgIpc) is 2.77. The van der Waals surface area contributed by atoms with Gasteiger partial charge in [-0.3, -0.25) is 0 Å². The summed E-state index contributed by atoms with van der Waals surface area (Å²) in [5, 5.41) is 2.41. The Bertz CT molecular complexity index is 820. The smallest absolute Gasteiger partial charge is 0.161 e. The van der Waals surface area contributed by atoms with Gasteiger partial charge in [-0.2, -0.15) is 0 Å². The van der Waals surface area contributed by atoms with Crippen LogP contribution in [0.15, 0.2) is 42.5 Å². The van der Waals surface area contributed by atoms with Crippen LogP contribution in [0.5, 0.6) is 11.5 Å². The number of benzene rings is 2. The lowest BCUT2D eigenvalue weighted by Crippen LogP contribution is -2.83. The molecule has 1 aliphatic rings. The van der Waals surface area contributed by atoms with Crippen LogP contribution in [0, 0.1) is 6.92 Å². The summed E-state index contributed by atoms with van der Waals surface area (Å²) in [4.78, 5) is 0. The quantitative estimate of drug-likeness (QED) is 0.622. The third-order valence-corrected chi connectivity index (χ3v) is 6.81. The molecule has 4 nitrogen and oxygen atoms in total. The van der Waals surface area contributed by atoms with Gasteiger partial charge in [0.15, 0.2) is 11.5 Å². The minimum atomic E-state index is -0.0352. The summed E-state index contributed by atoms with van der Waals surface area (Å²) in [5.41, 5.74) is 4.19. The van der Waals surface area contributed by atoms with Gasteiger partial charge < -0.3 is 19.5 Å². The summed E-state index contributed by atoms with van der Waals surface area (Å²) in [6.45, 7) is 9.55. The summed E-state index contributed by atoms with van der Waals surface area (Å²) >= 11 is 0. The number of ether oxygens (including phenoxy) is 3. The molecule has 1 aliphatic heterocycles. The molecule has 2 N–H and O–H groups in total. The largest absolute Gasteiger partial charge is 0.493 e. The monoisotopic (exact) mass is 412 g/mol. The predicted octanol–water partition coefficient (Wildman–Crippen LogP) is 4.38. The maximum absolute atomic E-state index is 6.20. The summed E-state index contributed by atoms with van der Waals surface area (Å²) in [6, 6.07) is 15.4.